The Kier molecular flexibility index (Phi) is 4.40. The van der Waals surface area contributed by atoms with E-state index in [9.17, 15) is 0 Å². The van der Waals surface area contributed by atoms with Crippen molar-refractivity contribution in [1.82, 2.24) is 25.7 Å². The average Bonchev–Trinajstić information content (AvgIpc) is 3.17. The summed E-state index contributed by atoms with van der Waals surface area (Å²) in [6.45, 7) is 4.53. The fourth-order valence-corrected chi connectivity index (χ4v) is 2.65. The van der Waals surface area contributed by atoms with Gasteiger partial charge in [-0.2, -0.15) is 10.1 Å². The minimum atomic E-state index is 0.440. The number of hydrogen-bond acceptors (Lipinski definition) is 7. The monoisotopic (exact) mass is 288 g/mol. The van der Waals surface area contributed by atoms with Crippen molar-refractivity contribution in [2.24, 2.45) is 0 Å². The molecule has 7 nitrogen and oxygen atoms in total. The molecular formula is C14H20N6O. The third kappa shape index (κ3) is 3.36. The Hall–Kier alpha value is -2.02. The van der Waals surface area contributed by atoms with Gasteiger partial charge in [-0.25, -0.2) is 0 Å². The van der Waals surface area contributed by atoms with E-state index in [1.165, 1.54) is 6.42 Å². The smallest absolute Gasteiger partial charge is 0.240 e. The molecule has 0 unspecified atom stereocenters. The number of anilines is 1. The first-order valence-electron chi connectivity index (χ1n) is 7.43. The second kappa shape index (κ2) is 6.62. The summed E-state index contributed by atoms with van der Waals surface area (Å²) in [5.41, 5.74) is 0. The molecule has 2 aromatic rings. The SMILES string of the molecule is CCc1noc(CNC[C@H]2CCCN2c2cccnn2)n1. The van der Waals surface area contributed by atoms with E-state index >= 15 is 0 Å². The Morgan fingerprint density at radius 2 is 2.43 bits per heavy atom. The van der Waals surface area contributed by atoms with Crippen LogP contribution < -0.4 is 10.2 Å². The van der Waals surface area contributed by atoms with Crippen molar-refractivity contribution in [2.75, 3.05) is 18.0 Å². The zero-order chi connectivity index (χ0) is 14.5. The molecule has 1 aliphatic heterocycles. The maximum atomic E-state index is 5.17. The molecule has 1 aliphatic rings. The summed E-state index contributed by atoms with van der Waals surface area (Å²) in [5.74, 6) is 2.36. The molecule has 3 rings (SSSR count). The maximum absolute atomic E-state index is 5.17. The van der Waals surface area contributed by atoms with E-state index in [0.717, 1.165) is 37.6 Å². The second-order valence-electron chi connectivity index (χ2n) is 5.16. The van der Waals surface area contributed by atoms with Gasteiger partial charge in [-0.3, -0.25) is 0 Å². The van der Waals surface area contributed by atoms with Crippen LogP contribution in [0.15, 0.2) is 22.9 Å². The largest absolute Gasteiger partial charge is 0.351 e. The molecule has 1 N–H and O–H groups in total. The van der Waals surface area contributed by atoms with Crippen LogP contribution in [0.25, 0.3) is 0 Å². The summed E-state index contributed by atoms with van der Waals surface area (Å²) in [6.07, 6.45) is 4.84. The molecule has 21 heavy (non-hydrogen) atoms. The predicted octanol–water partition coefficient (Wildman–Crippen LogP) is 1.18. The van der Waals surface area contributed by atoms with Crippen molar-refractivity contribution < 1.29 is 4.52 Å². The first-order valence-corrected chi connectivity index (χ1v) is 7.43. The van der Waals surface area contributed by atoms with Crippen molar-refractivity contribution in [3.63, 3.8) is 0 Å². The molecule has 1 atom stereocenters. The van der Waals surface area contributed by atoms with Crippen LogP contribution >= 0.6 is 0 Å². The van der Waals surface area contributed by atoms with Crippen LogP contribution in [-0.4, -0.2) is 39.5 Å². The van der Waals surface area contributed by atoms with Crippen LogP contribution in [0, 0.1) is 0 Å². The molecule has 3 heterocycles. The van der Waals surface area contributed by atoms with Gasteiger partial charge < -0.3 is 14.7 Å². The van der Waals surface area contributed by atoms with E-state index < -0.39 is 0 Å². The molecule has 1 saturated heterocycles. The number of hydrogen-bond donors (Lipinski definition) is 1. The summed E-state index contributed by atoms with van der Waals surface area (Å²) in [4.78, 5) is 6.60. The molecule has 0 amide bonds. The Labute approximate surface area is 123 Å². The van der Waals surface area contributed by atoms with Crippen LogP contribution in [-0.2, 0) is 13.0 Å². The minimum absolute atomic E-state index is 0.440. The van der Waals surface area contributed by atoms with Crippen molar-refractivity contribution in [1.29, 1.82) is 0 Å². The number of rotatable bonds is 6. The third-order valence-electron chi connectivity index (χ3n) is 3.71. The van der Waals surface area contributed by atoms with Gasteiger partial charge in [-0.1, -0.05) is 12.1 Å². The zero-order valence-corrected chi connectivity index (χ0v) is 12.2. The molecular weight excluding hydrogens is 268 g/mol. The fourth-order valence-electron chi connectivity index (χ4n) is 2.65. The lowest BCUT2D eigenvalue weighted by Gasteiger charge is -2.25. The molecule has 0 saturated carbocycles. The van der Waals surface area contributed by atoms with Gasteiger partial charge in [0, 0.05) is 31.7 Å². The highest BCUT2D eigenvalue weighted by Crippen LogP contribution is 2.22. The molecule has 0 radical (unpaired) electrons. The number of nitrogens with zero attached hydrogens (tertiary/aromatic N) is 5. The van der Waals surface area contributed by atoms with E-state index in [1.54, 1.807) is 6.20 Å². The van der Waals surface area contributed by atoms with E-state index in [1.807, 2.05) is 19.1 Å². The van der Waals surface area contributed by atoms with Gasteiger partial charge in [0.1, 0.15) is 0 Å². The van der Waals surface area contributed by atoms with Crippen molar-refractivity contribution in [3.8, 4) is 0 Å². The fraction of sp³-hybridized carbons (Fsp3) is 0.571. The molecule has 1 fully saturated rings. The third-order valence-corrected chi connectivity index (χ3v) is 3.71. The lowest BCUT2D eigenvalue weighted by atomic mass is 10.2. The summed E-state index contributed by atoms with van der Waals surface area (Å²) in [6, 6.07) is 4.38. The topological polar surface area (TPSA) is 80.0 Å². The highest BCUT2D eigenvalue weighted by molar-refractivity contribution is 5.39. The van der Waals surface area contributed by atoms with E-state index in [2.05, 4.69) is 30.6 Å². The lowest BCUT2D eigenvalue weighted by Crippen LogP contribution is -2.38. The molecule has 112 valence electrons. The molecule has 0 aliphatic carbocycles. The molecule has 2 aromatic heterocycles. The molecule has 7 heteroatoms. The average molecular weight is 288 g/mol. The van der Waals surface area contributed by atoms with E-state index in [0.29, 0.717) is 18.5 Å². The zero-order valence-electron chi connectivity index (χ0n) is 12.2. The van der Waals surface area contributed by atoms with Crippen molar-refractivity contribution in [3.05, 3.63) is 30.0 Å². The van der Waals surface area contributed by atoms with Crippen LogP contribution in [0.5, 0.6) is 0 Å². The van der Waals surface area contributed by atoms with E-state index in [-0.39, 0.29) is 0 Å². The number of aryl methyl sites for hydroxylation is 1. The van der Waals surface area contributed by atoms with Gasteiger partial charge in [0.05, 0.1) is 6.54 Å². The summed E-state index contributed by atoms with van der Waals surface area (Å²) < 4.78 is 5.17. The van der Waals surface area contributed by atoms with Gasteiger partial charge >= 0.3 is 0 Å². The van der Waals surface area contributed by atoms with Gasteiger partial charge in [-0.15, -0.1) is 5.10 Å². The Balaban J connectivity index is 1.52. The molecule has 0 aromatic carbocycles. The Bertz CT molecular complexity index is 558. The van der Waals surface area contributed by atoms with Crippen LogP contribution in [0.3, 0.4) is 0 Å². The lowest BCUT2D eigenvalue weighted by molar-refractivity contribution is 0.361. The normalized spacial score (nSPS) is 18.3. The number of aromatic nitrogens is 4. The first-order chi connectivity index (χ1) is 10.4. The Morgan fingerprint density at radius 3 is 3.19 bits per heavy atom. The standard InChI is InChI=1S/C14H20N6O/c1-2-12-17-14(21-19-12)10-15-9-11-5-4-8-20(11)13-6-3-7-16-18-13/h3,6-7,11,15H,2,4-5,8-10H2,1H3/t11-/m1/s1. The van der Waals surface area contributed by atoms with Crippen molar-refractivity contribution in [2.45, 2.75) is 38.8 Å². The summed E-state index contributed by atoms with van der Waals surface area (Å²) in [5, 5.41) is 15.4. The molecule has 0 spiro atoms. The highest BCUT2D eigenvalue weighted by Gasteiger charge is 2.25. The second-order valence-corrected chi connectivity index (χ2v) is 5.16. The van der Waals surface area contributed by atoms with Gasteiger partial charge in [0.2, 0.25) is 5.89 Å². The van der Waals surface area contributed by atoms with Gasteiger partial charge in [-0.05, 0) is 25.0 Å². The summed E-state index contributed by atoms with van der Waals surface area (Å²) >= 11 is 0. The number of nitrogens with one attached hydrogen (secondary N) is 1. The predicted molar refractivity (Wildman–Crippen MR) is 77.8 cm³/mol. The van der Waals surface area contributed by atoms with Crippen LogP contribution in [0.1, 0.15) is 31.5 Å². The summed E-state index contributed by atoms with van der Waals surface area (Å²) in [7, 11) is 0. The van der Waals surface area contributed by atoms with Crippen LogP contribution in [0.4, 0.5) is 5.82 Å². The first kappa shape index (κ1) is 13.9. The Morgan fingerprint density at radius 1 is 1.48 bits per heavy atom. The molecule has 0 bridgehead atoms. The highest BCUT2D eigenvalue weighted by atomic mass is 16.5. The van der Waals surface area contributed by atoms with Crippen LogP contribution in [0.2, 0.25) is 0 Å². The quantitative estimate of drug-likeness (QED) is 0.855. The van der Waals surface area contributed by atoms with Gasteiger partial charge in [0.25, 0.3) is 0 Å². The van der Waals surface area contributed by atoms with Gasteiger partial charge in [0.15, 0.2) is 11.6 Å². The van der Waals surface area contributed by atoms with E-state index in [4.69, 9.17) is 4.52 Å². The minimum Gasteiger partial charge on any atom is -0.351 e. The van der Waals surface area contributed by atoms with Crippen molar-refractivity contribution >= 4 is 5.82 Å². The maximum Gasteiger partial charge on any atom is 0.240 e.